The molecule has 25 heavy (non-hydrogen) atoms. The minimum atomic E-state index is -4.56. The molecule has 0 amide bonds. The van der Waals surface area contributed by atoms with Gasteiger partial charge in [-0.1, -0.05) is 11.6 Å². The lowest BCUT2D eigenvalue weighted by molar-refractivity contribution is -0.188. The summed E-state index contributed by atoms with van der Waals surface area (Å²) in [6.45, 7) is 6.86. The number of rotatable bonds is 3. The maximum atomic E-state index is 13.4. The predicted molar refractivity (Wildman–Crippen MR) is 89.6 cm³/mol. The van der Waals surface area contributed by atoms with Gasteiger partial charge in [0.25, 0.3) is 0 Å². The Kier molecular flexibility index (Phi) is 4.40. The van der Waals surface area contributed by atoms with Gasteiger partial charge in [-0.25, -0.2) is 4.98 Å². The average molecular weight is 397 g/mol. The van der Waals surface area contributed by atoms with Crippen LogP contribution in [0.25, 0.3) is 0 Å². The average Bonchev–Trinajstić information content (AvgIpc) is 3.20. The van der Waals surface area contributed by atoms with Crippen molar-refractivity contribution in [1.29, 1.82) is 0 Å². The number of nitrogens with one attached hydrogen (secondary N) is 1. The van der Waals surface area contributed by atoms with Gasteiger partial charge in [-0.3, -0.25) is 0 Å². The minimum Gasteiger partial charge on any atom is -0.598 e. The SMILES string of the molecule is CC1(N[S+]([O-])C(C)(C)C)CCc2c1cc(C1(C(F)(F)F)CO1)nc2Cl. The molecule has 1 N–H and O–H groups in total. The third kappa shape index (κ3) is 3.16. The quantitative estimate of drug-likeness (QED) is 0.480. The third-order valence-corrected chi connectivity index (χ3v) is 6.78. The van der Waals surface area contributed by atoms with Crippen LogP contribution in [-0.4, -0.2) is 27.1 Å². The summed E-state index contributed by atoms with van der Waals surface area (Å²) in [5.74, 6) is 0. The van der Waals surface area contributed by atoms with Crippen LogP contribution in [0.15, 0.2) is 6.07 Å². The maximum Gasteiger partial charge on any atom is 0.425 e. The van der Waals surface area contributed by atoms with Crippen LogP contribution in [0.2, 0.25) is 5.15 Å². The van der Waals surface area contributed by atoms with Gasteiger partial charge < -0.3 is 9.29 Å². The van der Waals surface area contributed by atoms with Crippen molar-refractivity contribution in [1.82, 2.24) is 9.71 Å². The number of nitrogens with zero attached hydrogens (tertiary/aromatic N) is 1. The summed E-state index contributed by atoms with van der Waals surface area (Å²) < 4.78 is 59.9. The molecule has 3 atom stereocenters. The highest BCUT2D eigenvalue weighted by molar-refractivity contribution is 7.90. The summed E-state index contributed by atoms with van der Waals surface area (Å²) in [5, 5.41) is 0.0543. The van der Waals surface area contributed by atoms with E-state index in [4.69, 9.17) is 16.3 Å². The van der Waals surface area contributed by atoms with Gasteiger partial charge in [0.05, 0.1) is 17.8 Å². The van der Waals surface area contributed by atoms with Gasteiger partial charge in [0.15, 0.2) is 0 Å². The second-order valence-electron chi connectivity index (χ2n) is 7.75. The molecule has 1 aliphatic carbocycles. The van der Waals surface area contributed by atoms with E-state index in [9.17, 15) is 17.7 Å². The van der Waals surface area contributed by atoms with Gasteiger partial charge in [-0.2, -0.15) is 13.2 Å². The molecule has 0 aromatic carbocycles. The molecular weight excluding hydrogens is 377 g/mol. The molecule has 3 rings (SSSR count). The van der Waals surface area contributed by atoms with E-state index < -0.39 is 40.0 Å². The lowest BCUT2D eigenvalue weighted by Crippen LogP contribution is -2.49. The summed E-state index contributed by atoms with van der Waals surface area (Å²) in [6.07, 6.45) is -3.42. The molecule has 1 fully saturated rings. The van der Waals surface area contributed by atoms with Crippen molar-refractivity contribution in [2.75, 3.05) is 6.61 Å². The van der Waals surface area contributed by atoms with Crippen LogP contribution in [0.5, 0.6) is 0 Å². The topological polar surface area (TPSA) is 60.5 Å². The Hall–Kier alpha value is -0.540. The third-order valence-electron chi connectivity index (χ3n) is 4.72. The zero-order chi connectivity index (χ0) is 18.8. The Morgan fingerprint density at radius 1 is 1.36 bits per heavy atom. The number of fused-ring (bicyclic) bond motifs is 1. The van der Waals surface area contributed by atoms with Gasteiger partial charge >= 0.3 is 6.18 Å². The van der Waals surface area contributed by atoms with Crippen molar-refractivity contribution in [2.24, 2.45) is 0 Å². The fourth-order valence-corrected chi connectivity index (χ4v) is 4.19. The van der Waals surface area contributed by atoms with Crippen LogP contribution in [0.4, 0.5) is 13.2 Å². The molecule has 0 saturated carbocycles. The van der Waals surface area contributed by atoms with Gasteiger partial charge in [0.2, 0.25) is 5.60 Å². The van der Waals surface area contributed by atoms with Gasteiger partial charge in [0.1, 0.15) is 9.90 Å². The first-order chi connectivity index (χ1) is 11.3. The highest BCUT2D eigenvalue weighted by Crippen LogP contribution is 2.53. The number of pyridine rings is 1. The van der Waals surface area contributed by atoms with Crippen molar-refractivity contribution in [3.63, 3.8) is 0 Å². The van der Waals surface area contributed by atoms with Gasteiger partial charge in [-0.05, 0) is 57.7 Å². The number of aromatic nitrogens is 1. The van der Waals surface area contributed by atoms with Crippen LogP contribution < -0.4 is 4.72 Å². The van der Waals surface area contributed by atoms with E-state index in [0.29, 0.717) is 24.0 Å². The van der Waals surface area contributed by atoms with Crippen LogP contribution in [-0.2, 0) is 33.7 Å². The standard InChI is InChI=1S/C16H20ClF3N2O2S/c1-13(2,3)25(23)22-14(4)6-5-9-10(14)7-11(21-12(9)17)15(8-24-15)16(18,19)20/h7,22H,5-6,8H2,1-4H3. The first kappa shape index (κ1) is 19.2. The highest BCUT2D eigenvalue weighted by atomic mass is 35.5. The van der Waals surface area contributed by atoms with Crippen molar-refractivity contribution in [3.8, 4) is 0 Å². The molecule has 140 valence electrons. The van der Waals surface area contributed by atoms with E-state index in [2.05, 4.69) is 9.71 Å². The Balaban J connectivity index is 2.02. The van der Waals surface area contributed by atoms with Crippen LogP contribution >= 0.6 is 11.6 Å². The van der Waals surface area contributed by atoms with E-state index in [-0.39, 0.29) is 10.8 Å². The molecule has 0 radical (unpaired) electrons. The van der Waals surface area contributed by atoms with Crippen LogP contribution in [0.1, 0.15) is 50.9 Å². The molecule has 1 aliphatic heterocycles. The Bertz CT molecular complexity index is 704. The summed E-state index contributed by atoms with van der Waals surface area (Å²) in [7, 11) is 0. The normalized spacial score (nSPS) is 30.3. The molecule has 0 spiro atoms. The lowest BCUT2D eigenvalue weighted by Gasteiger charge is -2.33. The summed E-state index contributed by atoms with van der Waals surface area (Å²) in [4.78, 5) is 3.96. The van der Waals surface area contributed by atoms with Crippen LogP contribution in [0, 0.1) is 0 Å². The molecule has 9 heteroatoms. The first-order valence-corrected chi connectivity index (χ1v) is 9.44. The predicted octanol–water partition coefficient (Wildman–Crippen LogP) is 3.74. The highest BCUT2D eigenvalue weighted by Gasteiger charge is 2.68. The zero-order valence-corrected chi connectivity index (χ0v) is 16.0. The molecule has 2 heterocycles. The number of halogens is 4. The molecule has 2 aliphatic rings. The molecule has 1 saturated heterocycles. The Morgan fingerprint density at radius 2 is 1.96 bits per heavy atom. The maximum absolute atomic E-state index is 13.4. The molecular formula is C16H20ClF3N2O2S. The fourth-order valence-electron chi connectivity index (χ4n) is 2.98. The summed E-state index contributed by atoms with van der Waals surface area (Å²) in [5.41, 5.74) is -2.04. The van der Waals surface area contributed by atoms with E-state index in [1.54, 1.807) is 0 Å². The van der Waals surface area contributed by atoms with E-state index in [1.165, 1.54) is 6.07 Å². The molecule has 3 unspecified atom stereocenters. The number of ether oxygens (including phenoxy) is 1. The van der Waals surface area contributed by atoms with Crippen molar-refractivity contribution < 1.29 is 22.5 Å². The first-order valence-electron chi connectivity index (χ1n) is 7.91. The van der Waals surface area contributed by atoms with Gasteiger partial charge in [0, 0.05) is 11.4 Å². The smallest absolute Gasteiger partial charge is 0.425 e. The fraction of sp³-hybridized carbons (Fsp3) is 0.688. The van der Waals surface area contributed by atoms with Crippen LogP contribution in [0.3, 0.4) is 0 Å². The number of alkyl halides is 3. The monoisotopic (exact) mass is 396 g/mol. The minimum absolute atomic E-state index is 0.0543. The molecule has 0 bridgehead atoms. The number of epoxide rings is 1. The van der Waals surface area contributed by atoms with E-state index in [1.807, 2.05) is 27.7 Å². The van der Waals surface area contributed by atoms with E-state index >= 15 is 0 Å². The Morgan fingerprint density at radius 3 is 2.44 bits per heavy atom. The molecule has 1 aromatic heterocycles. The molecule has 1 aromatic rings. The Labute approximate surface area is 152 Å². The number of hydrogen-bond donors (Lipinski definition) is 1. The van der Waals surface area contributed by atoms with Crippen molar-refractivity contribution >= 4 is 23.0 Å². The number of hydrogen-bond acceptors (Lipinski definition) is 4. The second kappa shape index (κ2) is 5.73. The largest absolute Gasteiger partial charge is 0.598 e. The molecule has 4 nitrogen and oxygen atoms in total. The van der Waals surface area contributed by atoms with Crippen molar-refractivity contribution in [3.05, 3.63) is 28.0 Å². The summed E-state index contributed by atoms with van der Waals surface area (Å²) in [6, 6.07) is 1.40. The second-order valence-corrected chi connectivity index (χ2v) is 10.1. The summed E-state index contributed by atoms with van der Waals surface area (Å²) >= 11 is 4.80. The zero-order valence-electron chi connectivity index (χ0n) is 14.4. The van der Waals surface area contributed by atoms with Crippen molar-refractivity contribution in [2.45, 2.75) is 62.6 Å². The van der Waals surface area contributed by atoms with Gasteiger partial charge in [-0.15, -0.1) is 4.72 Å². The van der Waals surface area contributed by atoms with E-state index in [0.717, 1.165) is 0 Å². The lowest BCUT2D eigenvalue weighted by atomic mass is 9.93.